The van der Waals surface area contributed by atoms with E-state index in [0.29, 0.717) is 13.0 Å². The minimum Gasteiger partial charge on any atom is -0.370 e. The normalized spacial score (nSPS) is 13.0. The second kappa shape index (κ2) is 5.20. The molecule has 0 heterocycles. The van der Waals surface area contributed by atoms with E-state index in [1.807, 2.05) is 6.92 Å². The van der Waals surface area contributed by atoms with Gasteiger partial charge in [-0.05, 0) is 6.54 Å². The van der Waals surface area contributed by atoms with Crippen LogP contribution < -0.4 is 16.8 Å². The first-order valence-corrected chi connectivity index (χ1v) is 3.42. The van der Waals surface area contributed by atoms with Crippen LogP contribution in [0.3, 0.4) is 0 Å². The van der Waals surface area contributed by atoms with Crippen molar-refractivity contribution in [2.75, 3.05) is 13.1 Å². The summed E-state index contributed by atoms with van der Waals surface area (Å²) < 4.78 is 0. The van der Waals surface area contributed by atoms with Crippen molar-refractivity contribution in [1.29, 1.82) is 0 Å². The molecule has 0 saturated carbocycles. The highest BCUT2D eigenvalue weighted by Gasteiger charge is 2.06. The molecule has 0 aromatic carbocycles. The van der Waals surface area contributed by atoms with E-state index in [4.69, 9.17) is 11.5 Å². The van der Waals surface area contributed by atoms with Crippen LogP contribution >= 0.6 is 0 Å². The molecule has 0 rings (SSSR count). The molecular formula is C6H15N3O. The third-order valence-corrected chi connectivity index (χ3v) is 1.22. The van der Waals surface area contributed by atoms with E-state index < -0.39 is 0 Å². The highest BCUT2D eigenvalue weighted by atomic mass is 16.1. The van der Waals surface area contributed by atoms with Crippen LogP contribution in [0.2, 0.25) is 0 Å². The fraction of sp³-hybridized carbons (Fsp3) is 0.833. The zero-order valence-electron chi connectivity index (χ0n) is 6.26. The molecule has 0 spiro atoms. The maximum atomic E-state index is 10.4. The van der Waals surface area contributed by atoms with Crippen LogP contribution in [0.1, 0.15) is 13.3 Å². The summed E-state index contributed by atoms with van der Waals surface area (Å²) in [6, 6.07) is 0.0440. The summed E-state index contributed by atoms with van der Waals surface area (Å²) in [4.78, 5) is 10.4. The molecule has 0 aliphatic carbocycles. The van der Waals surface area contributed by atoms with Gasteiger partial charge in [0.2, 0.25) is 5.91 Å². The summed E-state index contributed by atoms with van der Waals surface area (Å²) in [6.45, 7) is 3.23. The summed E-state index contributed by atoms with van der Waals surface area (Å²) in [6.07, 6.45) is 0.324. The van der Waals surface area contributed by atoms with Gasteiger partial charge < -0.3 is 16.8 Å². The number of likely N-dealkylation sites (N-methyl/N-ethyl adjacent to an activating group) is 1. The van der Waals surface area contributed by atoms with E-state index in [2.05, 4.69) is 5.32 Å². The Morgan fingerprint density at radius 2 is 2.30 bits per heavy atom. The number of nitrogens with two attached hydrogens (primary N) is 2. The summed E-state index contributed by atoms with van der Waals surface area (Å²) >= 11 is 0. The lowest BCUT2D eigenvalue weighted by Crippen LogP contribution is -2.39. The third kappa shape index (κ3) is 4.29. The minimum absolute atomic E-state index is 0.0440. The minimum atomic E-state index is -0.309. The molecule has 60 valence electrons. The average molecular weight is 145 g/mol. The molecule has 1 atom stereocenters. The molecule has 0 aliphatic rings. The monoisotopic (exact) mass is 145 g/mol. The van der Waals surface area contributed by atoms with Gasteiger partial charge in [0.25, 0.3) is 0 Å². The van der Waals surface area contributed by atoms with Crippen molar-refractivity contribution >= 4 is 5.91 Å². The largest absolute Gasteiger partial charge is 0.370 e. The van der Waals surface area contributed by atoms with E-state index in [1.165, 1.54) is 0 Å². The Kier molecular flexibility index (Phi) is 4.88. The molecule has 0 aliphatic heterocycles. The molecule has 0 aromatic rings. The predicted octanol–water partition coefficient (Wildman–Crippen LogP) is -1.20. The van der Waals surface area contributed by atoms with Crippen molar-refractivity contribution < 1.29 is 4.79 Å². The maximum Gasteiger partial charge on any atom is 0.219 e. The Morgan fingerprint density at radius 3 is 2.60 bits per heavy atom. The lowest BCUT2D eigenvalue weighted by Gasteiger charge is -2.12. The standard InChI is InChI=1S/C6H15N3O/c1-2-9-5(4-7)3-6(8)10/h5,9H,2-4,7H2,1H3,(H2,8,10). The number of carbonyl (C=O) groups excluding carboxylic acids is 1. The second-order valence-electron chi connectivity index (χ2n) is 2.16. The second-order valence-corrected chi connectivity index (χ2v) is 2.16. The molecule has 1 amide bonds. The number of amides is 1. The topological polar surface area (TPSA) is 81.1 Å². The van der Waals surface area contributed by atoms with Crippen LogP contribution in [0.5, 0.6) is 0 Å². The summed E-state index contributed by atoms with van der Waals surface area (Å²) in [5, 5.41) is 3.04. The van der Waals surface area contributed by atoms with Gasteiger partial charge in [0.05, 0.1) is 0 Å². The van der Waals surface area contributed by atoms with Crippen molar-refractivity contribution in [2.45, 2.75) is 19.4 Å². The summed E-state index contributed by atoms with van der Waals surface area (Å²) in [7, 11) is 0. The molecule has 5 N–H and O–H groups in total. The number of primary amides is 1. The predicted molar refractivity (Wildman–Crippen MR) is 40.3 cm³/mol. The van der Waals surface area contributed by atoms with Crippen LogP contribution in [-0.4, -0.2) is 25.0 Å². The van der Waals surface area contributed by atoms with Crippen molar-refractivity contribution in [3.63, 3.8) is 0 Å². The number of hydrogen-bond donors (Lipinski definition) is 3. The number of rotatable bonds is 5. The van der Waals surface area contributed by atoms with Gasteiger partial charge in [-0.3, -0.25) is 4.79 Å². The molecule has 0 bridgehead atoms. The molecule has 0 saturated heterocycles. The molecule has 1 unspecified atom stereocenters. The lowest BCUT2D eigenvalue weighted by atomic mass is 10.2. The first kappa shape index (κ1) is 9.39. The zero-order valence-corrected chi connectivity index (χ0v) is 6.26. The quantitative estimate of drug-likeness (QED) is 0.454. The molecule has 10 heavy (non-hydrogen) atoms. The van der Waals surface area contributed by atoms with E-state index in [9.17, 15) is 4.79 Å². The van der Waals surface area contributed by atoms with E-state index in [0.717, 1.165) is 6.54 Å². The van der Waals surface area contributed by atoms with Crippen molar-refractivity contribution in [2.24, 2.45) is 11.5 Å². The van der Waals surface area contributed by atoms with Crippen LogP contribution in [0.15, 0.2) is 0 Å². The molecule has 4 nitrogen and oxygen atoms in total. The first-order chi connectivity index (χ1) is 4.70. The van der Waals surface area contributed by atoms with Gasteiger partial charge in [0.15, 0.2) is 0 Å². The number of carbonyl (C=O) groups is 1. The van der Waals surface area contributed by atoms with Gasteiger partial charge in [-0.25, -0.2) is 0 Å². The van der Waals surface area contributed by atoms with E-state index >= 15 is 0 Å². The van der Waals surface area contributed by atoms with Gasteiger partial charge in [-0.2, -0.15) is 0 Å². The lowest BCUT2D eigenvalue weighted by molar-refractivity contribution is -0.118. The van der Waals surface area contributed by atoms with Crippen LogP contribution in [-0.2, 0) is 4.79 Å². The zero-order chi connectivity index (χ0) is 7.98. The highest BCUT2D eigenvalue weighted by Crippen LogP contribution is 1.86. The Balaban J connectivity index is 3.49. The average Bonchev–Trinajstić information content (AvgIpc) is 1.86. The number of hydrogen-bond acceptors (Lipinski definition) is 3. The van der Waals surface area contributed by atoms with E-state index in [-0.39, 0.29) is 11.9 Å². The molecular weight excluding hydrogens is 130 g/mol. The van der Waals surface area contributed by atoms with Gasteiger partial charge in [-0.15, -0.1) is 0 Å². The van der Waals surface area contributed by atoms with Crippen LogP contribution in [0.25, 0.3) is 0 Å². The Hall–Kier alpha value is -0.610. The number of nitrogens with one attached hydrogen (secondary N) is 1. The summed E-state index contributed by atoms with van der Waals surface area (Å²) in [5.74, 6) is -0.309. The summed E-state index contributed by atoms with van der Waals surface area (Å²) in [5.41, 5.74) is 10.3. The van der Waals surface area contributed by atoms with Gasteiger partial charge >= 0.3 is 0 Å². The maximum absolute atomic E-state index is 10.4. The van der Waals surface area contributed by atoms with Crippen molar-refractivity contribution in [3.8, 4) is 0 Å². The highest BCUT2D eigenvalue weighted by molar-refractivity contribution is 5.74. The fourth-order valence-electron chi connectivity index (χ4n) is 0.770. The molecule has 4 heteroatoms. The van der Waals surface area contributed by atoms with Crippen molar-refractivity contribution in [1.82, 2.24) is 5.32 Å². The third-order valence-electron chi connectivity index (χ3n) is 1.22. The fourth-order valence-corrected chi connectivity index (χ4v) is 0.770. The SMILES string of the molecule is CCNC(CN)CC(N)=O. The van der Waals surface area contributed by atoms with E-state index in [1.54, 1.807) is 0 Å². The van der Waals surface area contributed by atoms with Crippen molar-refractivity contribution in [3.05, 3.63) is 0 Å². The first-order valence-electron chi connectivity index (χ1n) is 3.42. The van der Waals surface area contributed by atoms with Gasteiger partial charge in [-0.1, -0.05) is 6.92 Å². The van der Waals surface area contributed by atoms with Crippen LogP contribution in [0, 0.1) is 0 Å². The Labute approximate surface area is 61.0 Å². The Morgan fingerprint density at radius 1 is 1.70 bits per heavy atom. The van der Waals surface area contributed by atoms with Gasteiger partial charge in [0, 0.05) is 19.0 Å². The van der Waals surface area contributed by atoms with Gasteiger partial charge in [0.1, 0.15) is 0 Å². The Bertz CT molecular complexity index is 105. The molecule has 0 aromatic heterocycles. The molecule has 0 radical (unpaired) electrons. The molecule has 0 fully saturated rings. The smallest absolute Gasteiger partial charge is 0.219 e. The van der Waals surface area contributed by atoms with Crippen LogP contribution in [0.4, 0.5) is 0 Å².